The number of fused-ring (bicyclic) bond motifs is 4. The molecular formula is C39H43ClN4O7. The van der Waals surface area contributed by atoms with Crippen LogP contribution in [0, 0.1) is 5.92 Å². The summed E-state index contributed by atoms with van der Waals surface area (Å²) in [5.74, 6) is -0.664. The van der Waals surface area contributed by atoms with Crippen LogP contribution in [0.5, 0.6) is 11.5 Å². The van der Waals surface area contributed by atoms with Gasteiger partial charge in [-0.1, -0.05) is 31.2 Å². The van der Waals surface area contributed by atoms with E-state index in [9.17, 15) is 24.0 Å². The fourth-order valence-electron chi connectivity index (χ4n) is 6.24. The highest BCUT2D eigenvalue weighted by Crippen LogP contribution is 2.41. The number of unbranched alkanes of at least 4 members (excludes halogenated alkanes) is 1. The first-order valence-electron chi connectivity index (χ1n) is 17.1. The van der Waals surface area contributed by atoms with Crippen molar-refractivity contribution in [1.82, 2.24) is 5.32 Å². The number of amides is 3. The zero-order chi connectivity index (χ0) is 36.7. The second-order valence-corrected chi connectivity index (χ2v) is 13.4. The molecule has 3 amide bonds. The van der Waals surface area contributed by atoms with Crippen molar-refractivity contribution in [2.75, 3.05) is 17.3 Å². The average molecular weight is 715 g/mol. The number of alkyl halides is 1. The number of carbonyl (C=O) groups excluding carboxylic acids is 5. The highest BCUT2D eigenvalue weighted by molar-refractivity contribution is 6.17. The topological polar surface area (TPSA) is 143 Å². The first-order valence-corrected chi connectivity index (χ1v) is 17.6. The number of nitrogens with zero attached hydrogens (tertiary/aromatic N) is 2. The van der Waals surface area contributed by atoms with E-state index in [1.165, 1.54) is 14.0 Å². The molecular weight excluding hydrogens is 672 g/mol. The van der Waals surface area contributed by atoms with E-state index in [1.54, 1.807) is 49.2 Å². The molecule has 51 heavy (non-hydrogen) atoms. The number of methoxy groups -OCH3 is 1. The molecule has 0 bridgehead atoms. The third-order valence-corrected chi connectivity index (χ3v) is 9.30. The molecule has 0 saturated carbocycles. The van der Waals surface area contributed by atoms with Crippen LogP contribution in [-0.2, 0) is 38.1 Å². The average Bonchev–Trinajstić information content (AvgIpc) is 3.43. The molecule has 0 saturated heterocycles. The lowest BCUT2D eigenvalue weighted by molar-refractivity contribution is -0.129. The van der Waals surface area contributed by atoms with E-state index < -0.39 is 12.0 Å². The third kappa shape index (κ3) is 9.21. The Balaban J connectivity index is 1.21. The number of para-hydroxylation sites is 1. The predicted molar refractivity (Wildman–Crippen MR) is 196 cm³/mol. The van der Waals surface area contributed by atoms with Crippen molar-refractivity contribution in [1.29, 1.82) is 0 Å². The Labute approximate surface area is 302 Å². The van der Waals surface area contributed by atoms with Gasteiger partial charge in [-0.05, 0) is 67.6 Å². The lowest BCUT2D eigenvalue weighted by Crippen LogP contribution is -2.39. The largest absolute Gasteiger partial charge is 0.493 e. The van der Waals surface area contributed by atoms with Crippen molar-refractivity contribution in [2.24, 2.45) is 10.9 Å². The maximum atomic E-state index is 13.7. The number of rotatable bonds is 16. The molecule has 0 aromatic heterocycles. The number of benzene rings is 3. The molecule has 3 atom stereocenters. The zero-order valence-electron chi connectivity index (χ0n) is 29.3. The minimum atomic E-state index is -0.744. The minimum Gasteiger partial charge on any atom is -0.493 e. The Kier molecular flexibility index (Phi) is 12.3. The minimum absolute atomic E-state index is 0.0586. The van der Waals surface area contributed by atoms with Crippen LogP contribution in [0.15, 0.2) is 59.6 Å². The number of ketones is 2. The molecule has 0 unspecified atom stereocenters. The lowest BCUT2D eigenvalue weighted by Gasteiger charge is -2.22. The van der Waals surface area contributed by atoms with E-state index in [0.29, 0.717) is 54.1 Å². The van der Waals surface area contributed by atoms with Gasteiger partial charge in [-0.3, -0.25) is 29.1 Å². The van der Waals surface area contributed by atoms with Crippen molar-refractivity contribution in [3.8, 4) is 11.5 Å². The van der Waals surface area contributed by atoms with Crippen LogP contribution in [0.2, 0.25) is 0 Å². The summed E-state index contributed by atoms with van der Waals surface area (Å²) in [5.41, 5.74) is 4.83. The Morgan fingerprint density at radius 3 is 2.49 bits per heavy atom. The number of ether oxygens (including phenoxy) is 2. The number of Topliss-reactive ketones (excluding diaryl/α,β-unsaturated/α-hetero) is 2. The first-order chi connectivity index (χ1) is 24.5. The van der Waals surface area contributed by atoms with Crippen LogP contribution in [-0.4, -0.2) is 54.7 Å². The van der Waals surface area contributed by atoms with Crippen molar-refractivity contribution >= 4 is 64.2 Å². The number of carbonyl (C=O) groups is 5. The predicted octanol–water partition coefficient (Wildman–Crippen LogP) is 6.49. The van der Waals surface area contributed by atoms with Gasteiger partial charge in [0.05, 0.1) is 30.4 Å². The van der Waals surface area contributed by atoms with Gasteiger partial charge in [0, 0.05) is 61.1 Å². The second-order valence-electron chi connectivity index (χ2n) is 13.1. The van der Waals surface area contributed by atoms with Gasteiger partial charge in [0.1, 0.15) is 12.4 Å². The Hall–Kier alpha value is -5.03. The molecule has 11 nitrogen and oxygen atoms in total. The summed E-state index contributed by atoms with van der Waals surface area (Å²) in [6.07, 6.45) is 4.26. The maximum Gasteiger partial charge on any atom is 0.261 e. The number of aliphatic imine (C=N–C) groups is 1. The smallest absolute Gasteiger partial charge is 0.261 e. The number of hydrogen-bond acceptors (Lipinski definition) is 8. The highest BCUT2D eigenvalue weighted by Gasteiger charge is 2.36. The van der Waals surface area contributed by atoms with Crippen LogP contribution in [0.25, 0.3) is 0 Å². The number of nitrogens with one attached hydrogen (secondary N) is 2. The third-order valence-electron chi connectivity index (χ3n) is 9.00. The van der Waals surface area contributed by atoms with Gasteiger partial charge < -0.3 is 24.9 Å². The van der Waals surface area contributed by atoms with E-state index >= 15 is 0 Å². The molecule has 0 radical (unpaired) electrons. The summed E-state index contributed by atoms with van der Waals surface area (Å²) in [6, 6.07) is 15.7. The molecule has 5 rings (SSSR count). The molecule has 2 heterocycles. The van der Waals surface area contributed by atoms with Crippen molar-refractivity contribution in [3.05, 3.63) is 76.9 Å². The van der Waals surface area contributed by atoms with Gasteiger partial charge in [-0.2, -0.15) is 0 Å². The Morgan fingerprint density at radius 2 is 1.75 bits per heavy atom. The van der Waals surface area contributed by atoms with Crippen LogP contribution >= 0.6 is 11.6 Å². The van der Waals surface area contributed by atoms with Gasteiger partial charge in [0.15, 0.2) is 17.3 Å². The van der Waals surface area contributed by atoms with Crippen LogP contribution < -0.4 is 25.0 Å². The van der Waals surface area contributed by atoms with E-state index in [4.69, 9.17) is 21.1 Å². The second kappa shape index (κ2) is 16.8. The molecule has 0 spiro atoms. The van der Waals surface area contributed by atoms with Gasteiger partial charge in [0.25, 0.3) is 5.91 Å². The van der Waals surface area contributed by atoms with Crippen LogP contribution in [0.1, 0.15) is 79.9 Å². The zero-order valence-corrected chi connectivity index (χ0v) is 30.0. The Bertz CT molecular complexity index is 1860. The molecule has 268 valence electrons. The molecule has 3 aromatic rings. The van der Waals surface area contributed by atoms with Gasteiger partial charge in [-0.25, -0.2) is 0 Å². The fraction of sp³-hybridized carbons (Fsp3) is 0.385. The summed E-state index contributed by atoms with van der Waals surface area (Å²) < 4.78 is 11.8. The molecule has 0 fully saturated rings. The van der Waals surface area contributed by atoms with Gasteiger partial charge >= 0.3 is 0 Å². The standard InChI is InChI=1S/C39H43ClN4O7/c1-23(13-34(46)25(3)42-37(47)12-8-5-9-24(2)45)38(48)43-29-15-26(20-40)14-27(16-29)22-51-36-19-32-31(18-35(36)50-4)39(49)44-30(21-41-32)17-28-10-6-7-11-33(28)44/h6-7,10-11,14-16,18-19,21,23,25,30H,5,8-9,12-13,17,20,22H2,1-4H3,(H,42,47)(H,43,48)/t23-,25+,30+/m1/s1. The fourth-order valence-corrected chi connectivity index (χ4v) is 6.39. The summed E-state index contributed by atoms with van der Waals surface area (Å²) in [6.45, 7) is 4.86. The lowest BCUT2D eigenvalue weighted by atomic mass is 9.99. The van der Waals surface area contributed by atoms with Crippen molar-refractivity contribution < 1.29 is 33.4 Å². The van der Waals surface area contributed by atoms with Crippen LogP contribution in [0.4, 0.5) is 17.1 Å². The quantitative estimate of drug-likeness (QED) is 0.128. The van der Waals surface area contributed by atoms with Crippen molar-refractivity contribution in [2.45, 2.75) is 83.9 Å². The summed E-state index contributed by atoms with van der Waals surface area (Å²) in [7, 11) is 1.51. The van der Waals surface area contributed by atoms with E-state index in [1.807, 2.05) is 30.3 Å². The normalized spacial score (nSPS) is 15.5. The van der Waals surface area contributed by atoms with Gasteiger partial charge in [-0.15, -0.1) is 11.6 Å². The highest BCUT2D eigenvalue weighted by atomic mass is 35.5. The SMILES string of the molecule is COc1cc2c(cc1OCc1cc(CCl)cc(NC(=O)[C@H](C)CC(=O)[C@H](C)NC(=O)CCCCC(C)=O)c1)N=C[C@@H]1Cc3ccccc3N1C2=O. The molecule has 3 aromatic carbocycles. The number of hydrogen-bond donors (Lipinski definition) is 2. The van der Waals surface area contributed by atoms with Crippen LogP contribution in [0.3, 0.4) is 0 Å². The molecule has 0 aliphatic carbocycles. The summed E-state index contributed by atoms with van der Waals surface area (Å²) in [4.78, 5) is 69.4. The molecule has 2 N–H and O–H groups in total. The Morgan fingerprint density at radius 1 is 1.00 bits per heavy atom. The van der Waals surface area contributed by atoms with E-state index in [2.05, 4.69) is 15.6 Å². The van der Waals surface area contributed by atoms with Gasteiger partial charge in [0.2, 0.25) is 11.8 Å². The number of anilines is 2. The summed E-state index contributed by atoms with van der Waals surface area (Å²) in [5, 5.41) is 5.56. The maximum absolute atomic E-state index is 13.7. The van der Waals surface area contributed by atoms with E-state index in [-0.39, 0.29) is 60.7 Å². The van der Waals surface area contributed by atoms with Crippen molar-refractivity contribution in [3.63, 3.8) is 0 Å². The summed E-state index contributed by atoms with van der Waals surface area (Å²) >= 11 is 6.19. The molecule has 2 aliphatic heterocycles. The van der Waals surface area contributed by atoms with E-state index in [0.717, 1.165) is 22.4 Å². The number of halogens is 1. The first kappa shape index (κ1) is 37.2. The monoisotopic (exact) mass is 714 g/mol. The molecule has 2 aliphatic rings. The molecule has 12 heteroatoms.